The van der Waals surface area contributed by atoms with E-state index in [2.05, 4.69) is 0 Å². The SMILES string of the molecule is CCN(C(=O)c1ccc(N(C)C)cc1)C(C)C. The monoisotopic (exact) mass is 234 g/mol. The van der Waals surface area contributed by atoms with Crippen LogP contribution in [0.25, 0.3) is 0 Å². The highest BCUT2D eigenvalue weighted by molar-refractivity contribution is 5.94. The van der Waals surface area contributed by atoms with Crippen molar-refractivity contribution in [2.45, 2.75) is 26.8 Å². The van der Waals surface area contributed by atoms with Gasteiger partial charge in [-0.05, 0) is 45.0 Å². The first-order valence-electron chi connectivity index (χ1n) is 6.05. The standard InChI is InChI=1S/C14H22N2O/c1-6-16(11(2)3)14(17)12-7-9-13(10-8-12)15(4)5/h7-11H,6H2,1-5H3. The summed E-state index contributed by atoms with van der Waals surface area (Å²) in [6, 6.07) is 7.97. The molecule has 1 rings (SSSR count). The Labute approximate surface area is 104 Å². The maximum atomic E-state index is 12.2. The van der Waals surface area contributed by atoms with Gasteiger partial charge < -0.3 is 9.80 Å². The average Bonchev–Trinajstić information content (AvgIpc) is 2.29. The van der Waals surface area contributed by atoms with Crippen molar-refractivity contribution in [1.82, 2.24) is 4.90 Å². The maximum Gasteiger partial charge on any atom is 0.254 e. The molecule has 0 bridgehead atoms. The highest BCUT2D eigenvalue weighted by Crippen LogP contribution is 2.14. The van der Waals surface area contributed by atoms with Crippen LogP contribution in [0, 0.1) is 0 Å². The molecule has 17 heavy (non-hydrogen) atoms. The van der Waals surface area contributed by atoms with Crippen LogP contribution in [0.2, 0.25) is 0 Å². The minimum Gasteiger partial charge on any atom is -0.378 e. The van der Waals surface area contributed by atoms with Crippen LogP contribution in [0.4, 0.5) is 5.69 Å². The Morgan fingerprint density at radius 3 is 2.06 bits per heavy atom. The molecule has 0 heterocycles. The summed E-state index contributed by atoms with van der Waals surface area (Å²) >= 11 is 0. The topological polar surface area (TPSA) is 23.6 Å². The minimum atomic E-state index is 0.104. The van der Waals surface area contributed by atoms with Gasteiger partial charge in [0, 0.05) is 37.9 Å². The Hall–Kier alpha value is -1.51. The fourth-order valence-electron chi connectivity index (χ4n) is 1.81. The summed E-state index contributed by atoms with van der Waals surface area (Å²) in [5, 5.41) is 0. The number of anilines is 1. The van der Waals surface area contributed by atoms with E-state index in [-0.39, 0.29) is 11.9 Å². The lowest BCUT2D eigenvalue weighted by Gasteiger charge is -2.25. The highest BCUT2D eigenvalue weighted by Gasteiger charge is 2.16. The summed E-state index contributed by atoms with van der Waals surface area (Å²) in [4.78, 5) is 16.1. The van der Waals surface area contributed by atoms with Crippen molar-refractivity contribution in [3.8, 4) is 0 Å². The lowest BCUT2D eigenvalue weighted by atomic mass is 10.1. The van der Waals surface area contributed by atoms with Crippen molar-refractivity contribution in [2.75, 3.05) is 25.5 Å². The van der Waals surface area contributed by atoms with Crippen LogP contribution in [-0.2, 0) is 0 Å². The molecule has 1 amide bonds. The number of hydrogen-bond donors (Lipinski definition) is 0. The summed E-state index contributed by atoms with van der Waals surface area (Å²) in [5.41, 5.74) is 1.86. The fourth-order valence-corrected chi connectivity index (χ4v) is 1.81. The molecule has 0 aromatic heterocycles. The molecule has 0 radical (unpaired) electrons. The van der Waals surface area contributed by atoms with E-state index in [9.17, 15) is 4.79 Å². The molecule has 0 aliphatic rings. The van der Waals surface area contributed by atoms with Crippen LogP contribution >= 0.6 is 0 Å². The Kier molecular flexibility index (Phi) is 4.55. The Morgan fingerprint density at radius 1 is 1.18 bits per heavy atom. The van der Waals surface area contributed by atoms with E-state index in [0.29, 0.717) is 0 Å². The van der Waals surface area contributed by atoms with Crippen LogP contribution in [0.5, 0.6) is 0 Å². The second-order valence-corrected chi connectivity index (χ2v) is 4.63. The summed E-state index contributed by atoms with van der Waals surface area (Å²) < 4.78 is 0. The molecule has 0 saturated carbocycles. The van der Waals surface area contributed by atoms with Crippen LogP contribution < -0.4 is 4.90 Å². The molecular weight excluding hydrogens is 212 g/mol. The van der Waals surface area contributed by atoms with Gasteiger partial charge in [-0.25, -0.2) is 0 Å². The van der Waals surface area contributed by atoms with E-state index in [4.69, 9.17) is 0 Å². The lowest BCUT2D eigenvalue weighted by molar-refractivity contribution is 0.0717. The molecule has 1 aromatic carbocycles. The second-order valence-electron chi connectivity index (χ2n) is 4.63. The van der Waals surface area contributed by atoms with Gasteiger partial charge in [0.1, 0.15) is 0 Å². The van der Waals surface area contributed by atoms with Crippen LogP contribution in [-0.4, -0.2) is 37.5 Å². The number of carbonyl (C=O) groups is 1. The summed E-state index contributed by atoms with van der Waals surface area (Å²) in [7, 11) is 3.98. The quantitative estimate of drug-likeness (QED) is 0.799. The summed E-state index contributed by atoms with van der Waals surface area (Å²) in [5.74, 6) is 0.104. The highest BCUT2D eigenvalue weighted by atomic mass is 16.2. The van der Waals surface area contributed by atoms with Gasteiger partial charge >= 0.3 is 0 Å². The Bertz CT molecular complexity index is 368. The van der Waals surface area contributed by atoms with Gasteiger partial charge in [-0.15, -0.1) is 0 Å². The summed E-state index contributed by atoms with van der Waals surface area (Å²) in [6.07, 6.45) is 0. The molecule has 1 aromatic rings. The molecule has 3 nitrogen and oxygen atoms in total. The zero-order valence-electron chi connectivity index (χ0n) is 11.4. The van der Waals surface area contributed by atoms with Crippen molar-refractivity contribution in [3.05, 3.63) is 29.8 Å². The van der Waals surface area contributed by atoms with Crippen molar-refractivity contribution in [1.29, 1.82) is 0 Å². The Morgan fingerprint density at radius 2 is 1.71 bits per heavy atom. The lowest BCUT2D eigenvalue weighted by Crippen LogP contribution is -2.36. The van der Waals surface area contributed by atoms with Crippen molar-refractivity contribution >= 4 is 11.6 Å². The third-order valence-electron chi connectivity index (χ3n) is 2.86. The molecule has 0 aliphatic carbocycles. The first kappa shape index (κ1) is 13.6. The third-order valence-corrected chi connectivity index (χ3v) is 2.86. The van der Waals surface area contributed by atoms with Gasteiger partial charge in [0.05, 0.1) is 0 Å². The average molecular weight is 234 g/mol. The molecule has 0 atom stereocenters. The van der Waals surface area contributed by atoms with Crippen molar-refractivity contribution in [2.24, 2.45) is 0 Å². The number of carbonyl (C=O) groups excluding carboxylic acids is 1. The third kappa shape index (κ3) is 3.22. The molecule has 0 unspecified atom stereocenters. The fraction of sp³-hybridized carbons (Fsp3) is 0.500. The van der Waals surface area contributed by atoms with Gasteiger partial charge in [-0.3, -0.25) is 4.79 Å². The molecule has 0 aliphatic heterocycles. The van der Waals surface area contributed by atoms with E-state index in [1.54, 1.807) is 0 Å². The smallest absolute Gasteiger partial charge is 0.254 e. The van der Waals surface area contributed by atoms with Crippen LogP contribution in [0.15, 0.2) is 24.3 Å². The number of hydrogen-bond acceptors (Lipinski definition) is 2. The number of benzene rings is 1. The molecule has 94 valence electrons. The van der Waals surface area contributed by atoms with Crippen molar-refractivity contribution in [3.63, 3.8) is 0 Å². The van der Waals surface area contributed by atoms with E-state index < -0.39 is 0 Å². The van der Waals surface area contributed by atoms with Gasteiger partial charge in [-0.1, -0.05) is 0 Å². The van der Waals surface area contributed by atoms with Gasteiger partial charge in [-0.2, -0.15) is 0 Å². The van der Waals surface area contributed by atoms with Gasteiger partial charge in [0.25, 0.3) is 5.91 Å². The van der Waals surface area contributed by atoms with Crippen LogP contribution in [0.1, 0.15) is 31.1 Å². The van der Waals surface area contributed by atoms with Gasteiger partial charge in [0.15, 0.2) is 0 Å². The predicted molar refractivity (Wildman–Crippen MR) is 72.6 cm³/mol. The first-order chi connectivity index (χ1) is 7.97. The molecule has 0 spiro atoms. The predicted octanol–water partition coefficient (Wildman–Crippen LogP) is 2.62. The van der Waals surface area contributed by atoms with E-state index in [1.807, 2.05) is 68.9 Å². The number of rotatable bonds is 4. The second kappa shape index (κ2) is 5.71. The summed E-state index contributed by atoms with van der Waals surface area (Å²) in [6.45, 7) is 6.82. The normalized spacial score (nSPS) is 10.5. The zero-order valence-corrected chi connectivity index (χ0v) is 11.4. The van der Waals surface area contributed by atoms with E-state index in [1.165, 1.54) is 0 Å². The van der Waals surface area contributed by atoms with E-state index >= 15 is 0 Å². The molecule has 0 fully saturated rings. The molecule has 3 heteroatoms. The minimum absolute atomic E-state index is 0.104. The zero-order chi connectivity index (χ0) is 13.0. The largest absolute Gasteiger partial charge is 0.378 e. The van der Waals surface area contributed by atoms with Gasteiger partial charge in [0.2, 0.25) is 0 Å². The maximum absolute atomic E-state index is 12.2. The van der Waals surface area contributed by atoms with E-state index in [0.717, 1.165) is 17.8 Å². The van der Waals surface area contributed by atoms with Crippen LogP contribution in [0.3, 0.4) is 0 Å². The number of nitrogens with zero attached hydrogens (tertiary/aromatic N) is 2. The first-order valence-corrected chi connectivity index (χ1v) is 6.05. The molecule has 0 saturated heterocycles. The number of amides is 1. The van der Waals surface area contributed by atoms with Crippen molar-refractivity contribution < 1.29 is 4.79 Å². The Balaban J connectivity index is 2.89. The molecular formula is C14H22N2O. The molecule has 0 N–H and O–H groups in total.